The predicted molar refractivity (Wildman–Crippen MR) is 128 cm³/mol. The number of H-pyrrole nitrogens is 1. The SMILES string of the molecule is Cc1c(C(=O)OC2CCCCCCC2)[nH]c2c1C(=O)C[C@@H](c1ccc(C(C)(C)C)cc1)C2. The summed E-state index contributed by atoms with van der Waals surface area (Å²) in [6.07, 6.45) is 9.06. The summed E-state index contributed by atoms with van der Waals surface area (Å²) >= 11 is 0. The van der Waals surface area contributed by atoms with Gasteiger partial charge in [0.2, 0.25) is 0 Å². The van der Waals surface area contributed by atoms with Gasteiger partial charge < -0.3 is 9.72 Å². The number of esters is 1. The first-order valence-corrected chi connectivity index (χ1v) is 12.3. The van der Waals surface area contributed by atoms with Gasteiger partial charge in [0.25, 0.3) is 0 Å². The third-order valence-electron chi connectivity index (χ3n) is 7.27. The van der Waals surface area contributed by atoms with Crippen LogP contribution < -0.4 is 0 Å². The number of benzene rings is 1. The Kier molecular flexibility index (Phi) is 6.60. The summed E-state index contributed by atoms with van der Waals surface area (Å²) in [5.41, 5.74) is 5.39. The highest BCUT2D eigenvalue weighted by atomic mass is 16.5. The van der Waals surface area contributed by atoms with Crippen LogP contribution in [0.5, 0.6) is 0 Å². The second-order valence-corrected chi connectivity index (χ2v) is 10.8. The van der Waals surface area contributed by atoms with E-state index in [-0.39, 0.29) is 29.2 Å². The summed E-state index contributed by atoms with van der Waals surface area (Å²) in [6, 6.07) is 8.66. The van der Waals surface area contributed by atoms with Gasteiger partial charge in [-0.05, 0) is 67.1 Å². The summed E-state index contributed by atoms with van der Waals surface area (Å²) in [6.45, 7) is 8.49. The lowest BCUT2D eigenvalue weighted by Gasteiger charge is -2.24. The van der Waals surface area contributed by atoms with Crippen LogP contribution in [0.1, 0.15) is 121 Å². The minimum absolute atomic E-state index is 0.00712. The summed E-state index contributed by atoms with van der Waals surface area (Å²) < 4.78 is 5.88. The van der Waals surface area contributed by atoms with Gasteiger partial charge in [-0.1, -0.05) is 64.3 Å². The molecule has 172 valence electrons. The van der Waals surface area contributed by atoms with Crippen LogP contribution in [-0.4, -0.2) is 22.8 Å². The molecule has 1 heterocycles. The van der Waals surface area contributed by atoms with Gasteiger partial charge in [-0.25, -0.2) is 4.79 Å². The summed E-state index contributed by atoms with van der Waals surface area (Å²) in [4.78, 5) is 29.3. The van der Waals surface area contributed by atoms with E-state index in [4.69, 9.17) is 4.74 Å². The van der Waals surface area contributed by atoms with Crippen molar-refractivity contribution in [2.24, 2.45) is 0 Å². The van der Waals surface area contributed by atoms with Crippen LogP contribution in [0.3, 0.4) is 0 Å². The molecule has 0 spiro atoms. The lowest BCUT2D eigenvalue weighted by atomic mass is 9.80. The molecule has 4 heteroatoms. The van der Waals surface area contributed by atoms with Crippen molar-refractivity contribution < 1.29 is 14.3 Å². The average molecular weight is 436 g/mol. The second kappa shape index (κ2) is 9.25. The molecule has 0 bridgehead atoms. The lowest BCUT2D eigenvalue weighted by molar-refractivity contribution is 0.0232. The quantitative estimate of drug-likeness (QED) is 0.539. The first kappa shape index (κ1) is 22.8. The fourth-order valence-electron chi connectivity index (χ4n) is 5.28. The van der Waals surface area contributed by atoms with Crippen LogP contribution in [0.4, 0.5) is 0 Å². The topological polar surface area (TPSA) is 59.2 Å². The van der Waals surface area contributed by atoms with E-state index in [9.17, 15) is 9.59 Å². The number of rotatable bonds is 3. The van der Waals surface area contributed by atoms with Gasteiger partial charge in [0.15, 0.2) is 5.78 Å². The van der Waals surface area contributed by atoms with Crippen LogP contribution in [0.25, 0.3) is 0 Å². The third kappa shape index (κ3) is 4.84. The maximum Gasteiger partial charge on any atom is 0.355 e. The lowest BCUT2D eigenvalue weighted by Crippen LogP contribution is -2.20. The highest BCUT2D eigenvalue weighted by molar-refractivity contribution is 6.03. The molecule has 2 aliphatic rings. The highest BCUT2D eigenvalue weighted by Crippen LogP contribution is 2.36. The third-order valence-corrected chi connectivity index (χ3v) is 7.27. The molecule has 0 radical (unpaired) electrons. The standard InChI is InChI=1S/C28H37NO3/c1-18-25-23(29-26(18)27(31)32-22-10-8-6-5-7-9-11-22)16-20(17-24(25)30)19-12-14-21(15-13-19)28(2,3)4/h12-15,20,22,29H,5-11,16-17H2,1-4H3/t20-/m0/s1. The van der Waals surface area contributed by atoms with Crippen LogP contribution in [0.2, 0.25) is 0 Å². The van der Waals surface area contributed by atoms with E-state index in [0.717, 1.165) is 43.4 Å². The Balaban J connectivity index is 1.51. The molecule has 1 N–H and O–H groups in total. The average Bonchev–Trinajstić information content (AvgIpc) is 3.06. The molecule has 1 atom stereocenters. The van der Waals surface area contributed by atoms with Crippen LogP contribution in [-0.2, 0) is 16.6 Å². The number of fused-ring (bicyclic) bond motifs is 1. The number of hydrogen-bond acceptors (Lipinski definition) is 3. The number of ketones is 1. The van der Waals surface area contributed by atoms with Crippen molar-refractivity contribution in [2.75, 3.05) is 0 Å². The number of carbonyl (C=O) groups is 2. The normalized spacial score (nSPS) is 20.4. The van der Waals surface area contributed by atoms with E-state index in [1.54, 1.807) is 0 Å². The van der Waals surface area contributed by atoms with Gasteiger partial charge >= 0.3 is 5.97 Å². The first-order chi connectivity index (χ1) is 15.2. The molecule has 0 amide bonds. The fourth-order valence-corrected chi connectivity index (χ4v) is 5.28. The number of Topliss-reactive ketones (excluding diaryl/α,β-unsaturated/α-hetero) is 1. The molecule has 0 saturated heterocycles. The zero-order valence-corrected chi connectivity index (χ0v) is 20.1. The molecule has 1 saturated carbocycles. The van der Waals surface area contributed by atoms with Crippen molar-refractivity contribution in [3.63, 3.8) is 0 Å². The van der Waals surface area contributed by atoms with E-state index < -0.39 is 0 Å². The monoisotopic (exact) mass is 435 g/mol. The Labute approximate surface area is 192 Å². The minimum atomic E-state index is -0.304. The minimum Gasteiger partial charge on any atom is -0.458 e. The Hall–Kier alpha value is -2.36. The summed E-state index contributed by atoms with van der Waals surface area (Å²) in [5, 5.41) is 0. The molecular formula is C28H37NO3. The predicted octanol–water partition coefficient (Wildman–Crippen LogP) is 6.80. The van der Waals surface area contributed by atoms with Crippen molar-refractivity contribution in [1.29, 1.82) is 0 Å². The van der Waals surface area contributed by atoms with Crippen molar-refractivity contribution in [3.8, 4) is 0 Å². The van der Waals surface area contributed by atoms with Gasteiger partial charge in [-0.15, -0.1) is 0 Å². The van der Waals surface area contributed by atoms with Crippen molar-refractivity contribution >= 4 is 11.8 Å². The maximum absolute atomic E-state index is 13.1. The van der Waals surface area contributed by atoms with E-state index in [0.29, 0.717) is 17.7 Å². The fraction of sp³-hybridized carbons (Fsp3) is 0.571. The molecule has 0 aliphatic heterocycles. The number of aromatic nitrogens is 1. The van der Waals surface area contributed by atoms with E-state index in [1.807, 2.05) is 6.92 Å². The van der Waals surface area contributed by atoms with E-state index in [1.165, 1.54) is 30.4 Å². The highest BCUT2D eigenvalue weighted by Gasteiger charge is 2.33. The van der Waals surface area contributed by atoms with Crippen molar-refractivity contribution in [2.45, 2.75) is 103 Å². The second-order valence-electron chi connectivity index (χ2n) is 10.8. The summed E-state index contributed by atoms with van der Waals surface area (Å²) in [5.74, 6) is -0.0483. The van der Waals surface area contributed by atoms with Gasteiger partial charge in [-0.3, -0.25) is 4.79 Å². The largest absolute Gasteiger partial charge is 0.458 e. The molecule has 2 aliphatic carbocycles. The maximum atomic E-state index is 13.1. The van der Waals surface area contributed by atoms with Gasteiger partial charge in [0.1, 0.15) is 11.8 Å². The van der Waals surface area contributed by atoms with Crippen molar-refractivity contribution in [1.82, 2.24) is 4.98 Å². The Bertz CT molecular complexity index is 969. The van der Waals surface area contributed by atoms with E-state index in [2.05, 4.69) is 50.0 Å². The molecule has 1 aromatic heterocycles. The Morgan fingerprint density at radius 1 is 0.969 bits per heavy atom. The van der Waals surface area contributed by atoms with Crippen LogP contribution in [0, 0.1) is 6.92 Å². The first-order valence-electron chi connectivity index (χ1n) is 12.3. The number of ether oxygens (including phenoxy) is 1. The van der Waals surface area contributed by atoms with E-state index >= 15 is 0 Å². The number of carbonyl (C=O) groups excluding carboxylic acids is 2. The smallest absolute Gasteiger partial charge is 0.355 e. The molecule has 32 heavy (non-hydrogen) atoms. The zero-order chi connectivity index (χ0) is 22.9. The van der Waals surface area contributed by atoms with Gasteiger partial charge in [0.05, 0.1) is 0 Å². The van der Waals surface area contributed by atoms with Crippen molar-refractivity contribution in [3.05, 3.63) is 57.9 Å². The summed E-state index contributed by atoms with van der Waals surface area (Å²) in [7, 11) is 0. The molecular weight excluding hydrogens is 398 g/mol. The Morgan fingerprint density at radius 2 is 1.59 bits per heavy atom. The zero-order valence-electron chi connectivity index (χ0n) is 20.1. The molecule has 4 rings (SSSR count). The van der Waals surface area contributed by atoms with Crippen LogP contribution >= 0.6 is 0 Å². The molecule has 4 nitrogen and oxygen atoms in total. The number of hydrogen-bond donors (Lipinski definition) is 1. The molecule has 1 fully saturated rings. The number of aromatic amines is 1. The van der Waals surface area contributed by atoms with Gasteiger partial charge in [-0.2, -0.15) is 0 Å². The van der Waals surface area contributed by atoms with Crippen LogP contribution in [0.15, 0.2) is 24.3 Å². The Morgan fingerprint density at radius 3 is 2.22 bits per heavy atom. The number of nitrogens with one attached hydrogen (secondary N) is 1. The molecule has 1 aromatic carbocycles. The molecule has 2 aromatic rings. The van der Waals surface area contributed by atoms with Gasteiger partial charge in [0, 0.05) is 17.7 Å². The molecule has 0 unspecified atom stereocenters.